The van der Waals surface area contributed by atoms with E-state index in [0.717, 1.165) is 22.7 Å². The molecule has 3 N–H and O–H groups in total. The minimum absolute atomic E-state index is 0.127. The Bertz CT molecular complexity index is 1870. The van der Waals surface area contributed by atoms with Gasteiger partial charge in [-0.1, -0.05) is 77.8 Å². The van der Waals surface area contributed by atoms with Crippen LogP contribution in [-0.4, -0.2) is 20.8 Å². The number of benzene rings is 4. The average molecular weight is 598 g/mol. The number of aromatic nitrogens is 2. The van der Waals surface area contributed by atoms with Gasteiger partial charge in [0.2, 0.25) is 11.6 Å². The van der Waals surface area contributed by atoms with Gasteiger partial charge in [0.25, 0.3) is 5.91 Å². The lowest BCUT2D eigenvalue weighted by atomic mass is 9.91. The molecule has 0 radical (unpaired) electrons. The minimum atomic E-state index is -0.660. The molecule has 12 heteroatoms. The molecule has 4 aromatic carbocycles. The number of nitrogens with zero attached hydrogens (tertiary/aromatic N) is 4. The van der Waals surface area contributed by atoms with Gasteiger partial charge in [0.05, 0.1) is 16.9 Å². The summed E-state index contributed by atoms with van der Waals surface area (Å²) in [4.78, 5) is 32.4. The zero-order chi connectivity index (χ0) is 29.8. The zero-order valence-electron chi connectivity index (χ0n) is 21.9. The second-order valence-corrected chi connectivity index (χ2v) is 10.1. The van der Waals surface area contributed by atoms with Crippen LogP contribution in [0.15, 0.2) is 85.2 Å². The van der Waals surface area contributed by atoms with Crippen molar-refractivity contribution in [2.75, 3.05) is 10.7 Å². The van der Waals surface area contributed by atoms with Crippen molar-refractivity contribution >= 4 is 62.9 Å². The Kier molecular flexibility index (Phi) is 8.15. The molecule has 1 unspecified atom stereocenters. The number of anilines is 3. The van der Waals surface area contributed by atoms with E-state index in [-0.39, 0.29) is 16.7 Å². The Balaban J connectivity index is 1.41. The van der Waals surface area contributed by atoms with Gasteiger partial charge >= 0.3 is 5.69 Å². The number of aryl methyl sites for hydroxylation is 1. The predicted octanol–water partition coefficient (Wildman–Crippen LogP) is 7.31. The quantitative estimate of drug-likeness (QED) is 0.125. The first-order valence-electron chi connectivity index (χ1n) is 12.5. The normalized spacial score (nSPS) is 11.4. The van der Waals surface area contributed by atoms with Crippen molar-refractivity contribution in [3.8, 4) is 6.07 Å². The number of amides is 1. The van der Waals surface area contributed by atoms with Gasteiger partial charge in [-0.25, -0.2) is 9.97 Å². The highest BCUT2D eigenvalue weighted by atomic mass is 35.5. The number of hydrazine groups is 1. The predicted molar refractivity (Wildman–Crippen MR) is 162 cm³/mol. The van der Waals surface area contributed by atoms with Crippen molar-refractivity contribution in [1.29, 1.82) is 5.26 Å². The van der Waals surface area contributed by atoms with Gasteiger partial charge in [-0.3, -0.25) is 25.8 Å². The van der Waals surface area contributed by atoms with E-state index in [9.17, 15) is 20.2 Å². The number of fused-ring (bicyclic) bond motifs is 1. The number of nitro groups is 1. The molecular weight excluding hydrogens is 577 g/mol. The lowest BCUT2D eigenvalue weighted by Gasteiger charge is -2.17. The maximum atomic E-state index is 13.0. The third kappa shape index (κ3) is 5.78. The van der Waals surface area contributed by atoms with E-state index in [2.05, 4.69) is 32.2 Å². The van der Waals surface area contributed by atoms with Crippen molar-refractivity contribution in [3.05, 3.63) is 128 Å². The molecule has 0 saturated carbocycles. The highest BCUT2D eigenvalue weighted by Crippen LogP contribution is 2.37. The first-order valence-corrected chi connectivity index (χ1v) is 13.3. The van der Waals surface area contributed by atoms with Gasteiger partial charge < -0.3 is 5.32 Å². The standard InChI is InChI=1S/C30H21Cl2N7O3/c1-17-13-23(24(15-33)19-9-11-20(31)12-10-19)25(32)14-26(17)36-28-27(39(41)42)29(35-16-34-28)37-38-30(40)22-8-4-6-18-5-2-3-7-21(18)22/h2-14,16,24H,1H3,(H,38,40)(H2,34,35,36,37). The zero-order valence-corrected chi connectivity index (χ0v) is 23.4. The lowest BCUT2D eigenvalue weighted by molar-refractivity contribution is -0.383. The molecule has 1 atom stereocenters. The molecule has 0 aliphatic heterocycles. The van der Waals surface area contributed by atoms with E-state index in [4.69, 9.17) is 23.2 Å². The molecular formula is C30H21Cl2N7O3. The molecule has 1 aromatic heterocycles. The lowest BCUT2D eigenvalue weighted by Crippen LogP contribution is -2.30. The van der Waals surface area contributed by atoms with E-state index < -0.39 is 22.4 Å². The van der Waals surface area contributed by atoms with E-state index in [1.165, 1.54) is 0 Å². The van der Waals surface area contributed by atoms with Crippen molar-refractivity contribution in [2.24, 2.45) is 0 Å². The topological polar surface area (TPSA) is 146 Å². The Morgan fingerprint density at radius 3 is 2.45 bits per heavy atom. The number of carbonyl (C=O) groups is 1. The summed E-state index contributed by atoms with van der Waals surface area (Å²) in [5, 5.41) is 27.4. The first-order chi connectivity index (χ1) is 20.3. The van der Waals surface area contributed by atoms with Crippen LogP contribution < -0.4 is 16.2 Å². The number of halogens is 2. The third-order valence-corrected chi connectivity index (χ3v) is 7.15. The summed E-state index contributed by atoms with van der Waals surface area (Å²) in [7, 11) is 0. The van der Waals surface area contributed by atoms with Crippen LogP contribution in [0.3, 0.4) is 0 Å². The molecule has 1 heterocycles. The summed E-state index contributed by atoms with van der Waals surface area (Å²) >= 11 is 12.6. The summed E-state index contributed by atoms with van der Waals surface area (Å²) in [6.45, 7) is 1.77. The van der Waals surface area contributed by atoms with Crippen LogP contribution in [0.5, 0.6) is 0 Å². The van der Waals surface area contributed by atoms with Crippen LogP contribution in [0, 0.1) is 28.4 Å². The Hall–Kier alpha value is -5.24. The molecule has 1 amide bonds. The molecule has 0 bridgehead atoms. The van der Waals surface area contributed by atoms with E-state index in [0.29, 0.717) is 27.4 Å². The maximum Gasteiger partial charge on any atom is 0.355 e. The fourth-order valence-corrected chi connectivity index (χ4v) is 4.91. The van der Waals surface area contributed by atoms with Crippen LogP contribution in [0.25, 0.3) is 10.8 Å². The molecule has 0 spiro atoms. The summed E-state index contributed by atoms with van der Waals surface area (Å²) < 4.78 is 0. The number of hydrogen-bond donors (Lipinski definition) is 3. The van der Waals surface area contributed by atoms with Gasteiger partial charge in [-0.15, -0.1) is 0 Å². The van der Waals surface area contributed by atoms with E-state index in [1.54, 1.807) is 55.5 Å². The van der Waals surface area contributed by atoms with Gasteiger partial charge in [0, 0.05) is 21.3 Å². The summed E-state index contributed by atoms with van der Waals surface area (Å²) in [5.74, 6) is -1.51. The maximum absolute atomic E-state index is 13.0. The van der Waals surface area contributed by atoms with Crippen LogP contribution in [0.1, 0.15) is 33.0 Å². The summed E-state index contributed by atoms with van der Waals surface area (Å²) in [6.07, 6.45) is 1.12. The molecule has 5 aromatic rings. The van der Waals surface area contributed by atoms with Crippen LogP contribution in [0.2, 0.25) is 10.0 Å². The first kappa shape index (κ1) is 28.3. The second kappa shape index (κ2) is 12.1. The molecule has 42 heavy (non-hydrogen) atoms. The number of nitrogens with one attached hydrogen (secondary N) is 3. The van der Waals surface area contributed by atoms with Crippen molar-refractivity contribution in [2.45, 2.75) is 12.8 Å². The summed E-state index contributed by atoms with van der Waals surface area (Å²) in [5.41, 5.74) is 7.32. The largest absolute Gasteiger partial charge is 0.355 e. The molecule has 0 aliphatic carbocycles. The molecule has 10 nitrogen and oxygen atoms in total. The van der Waals surface area contributed by atoms with E-state index in [1.807, 2.05) is 30.3 Å². The number of carbonyl (C=O) groups excluding carboxylic acids is 1. The fourth-order valence-electron chi connectivity index (χ4n) is 4.51. The monoisotopic (exact) mass is 597 g/mol. The van der Waals surface area contributed by atoms with Gasteiger partial charge in [-0.05, 0) is 58.7 Å². The third-order valence-electron chi connectivity index (χ3n) is 6.57. The Morgan fingerprint density at radius 2 is 1.71 bits per heavy atom. The molecule has 0 fully saturated rings. The average Bonchev–Trinajstić information content (AvgIpc) is 2.99. The number of rotatable bonds is 8. The van der Waals surface area contributed by atoms with Gasteiger partial charge in [-0.2, -0.15) is 5.26 Å². The van der Waals surface area contributed by atoms with Gasteiger partial charge in [0.15, 0.2) is 0 Å². The van der Waals surface area contributed by atoms with Crippen LogP contribution in [0.4, 0.5) is 23.0 Å². The second-order valence-electron chi connectivity index (χ2n) is 9.21. The molecule has 0 saturated heterocycles. The van der Waals surface area contributed by atoms with Crippen molar-refractivity contribution in [1.82, 2.24) is 15.4 Å². The smallest absolute Gasteiger partial charge is 0.334 e. The van der Waals surface area contributed by atoms with Crippen LogP contribution >= 0.6 is 23.2 Å². The number of hydrogen-bond acceptors (Lipinski definition) is 8. The highest BCUT2D eigenvalue weighted by molar-refractivity contribution is 6.32. The number of nitriles is 1. The highest BCUT2D eigenvalue weighted by Gasteiger charge is 2.25. The SMILES string of the molecule is Cc1cc(C(C#N)c2ccc(Cl)cc2)c(Cl)cc1Nc1ncnc(NNC(=O)c2cccc3ccccc23)c1[N+](=O)[O-]. The molecule has 5 rings (SSSR count). The molecule has 208 valence electrons. The summed E-state index contributed by atoms with van der Waals surface area (Å²) in [6, 6.07) is 25.1. The fraction of sp³-hybridized carbons (Fsp3) is 0.0667. The minimum Gasteiger partial charge on any atom is -0.334 e. The van der Waals surface area contributed by atoms with E-state index >= 15 is 0 Å². The van der Waals surface area contributed by atoms with Crippen molar-refractivity contribution in [3.63, 3.8) is 0 Å². The van der Waals surface area contributed by atoms with Crippen molar-refractivity contribution < 1.29 is 9.72 Å². The Labute approximate surface area is 250 Å². The molecule has 0 aliphatic rings. The van der Waals surface area contributed by atoms with Crippen LogP contribution in [-0.2, 0) is 0 Å². The Morgan fingerprint density at radius 1 is 1.00 bits per heavy atom. The van der Waals surface area contributed by atoms with Gasteiger partial charge in [0.1, 0.15) is 6.33 Å².